The van der Waals surface area contributed by atoms with Crippen molar-refractivity contribution in [2.24, 2.45) is 0 Å². The van der Waals surface area contributed by atoms with Crippen LogP contribution in [0.3, 0.4) is 0 Å². The molecule has 0 aromatic heterocycles. The van der Waals surface area contributed by atoms with Gasteiger partial charge in [0, 0.05) is 18.2 Å². The standard InChI is InChI=1S/C36H37N3O7/c1-38-27-13-23-15-31(42-3)32(43-4)18-26(23)36(38)28-14-22-16-33-34(45-12-11-44-33)17-25(22)30(39(28)29(27)19-37)20-46-35(40)10-7-21-5-8-24(41-2)9-6-21/h5-10,15-18,27-30,36H,11-14,20H2,1-4H3/b10-7+/t27-,28-,29-,30-,36+/m0/s1. The molecule has 0 amide bonds. The molecule has 0 N–H and O–H groups in total. The van der Waals surface area contributed by atoms with Gasteiger partial charge in [-0.1, -0.05) is 12.1 Å². The number of hydrogen-bond acceptors (Lipinski definition) is 10. The highest BCUT2D eigenvalue weighted by atomic mass is 16.6. The minimum atomic E-state index is -0.456. The van der Waals surface area contributed by atoms with Crippen molar-refractivity contribution in [3.63, 3.8) is 0 Å². The van der Waals surface area contributed by atoms with E-state index in [0.29, 0.717) is 49.1 Å². The zero-order chi connectivity index (χ0) is 31.9. The van der Waals surface area contributed by atoms with Crippen molar-refractivity contribution in [1.29, 1.82) is 5.26 Å². The van der Waals surface area contributed by atoms with Gasteiger partial charge < -0.3 is 28.4 Å². The van der Waals surface area contributed by atoms with E-state index in [1.807, 2.05) is 30.3 Å². The van der Waals surface area contributed by atoms with E-state index >= 15 is 0 Å². The molecule has 4 aliphatic heterocycles. The van der Waals surface area contributed by atoms with Gasteiger partial charge >= 0.3 is 5.97 Å². The molecule has 46 heavy (non-hydrogen) atoms. The third-order valence-electron chi connectivity index (χ3n) is 9.78. The van der Waals surface area contributed by atoms with E-state index in [0.717, 1.165) is 33.6 Å². The molecule has 0 spiro atoms. The molecule has 0 aliphatic carbocycles. The number of methoxy groups -OCH3 is 3. The normalized spacial score (nSPS) is 24.6. The number of ether oxygens (including phenoxy) is 6. The molecule has 5 atom stereocenters. The van der Waals surface area contributed by atoms with E-state index in [-0.39, 0.29) is 30.8 Å². The fourth-order valence-electron chi connectivity index (χ4n) is 7.64. The molecule has 1 fully saturated rings. The van der Waals surface area contributed by atoms with Crippen LogP contribution in [0.5, 0.6) is 28.7 Å². The number of rotatable bonds is 7. The van der Waals surface area contributed by atoms with E-state index in [1.165, 1.54) is 6.08 Å². The van der Waals surface area contributed by atoms with Crippen LogP contribution in [0.15, 0.2) is 54.6 Å². The minimum Gasteiger partial charge on any atom is -0.497 e. The molecule has 10 heteroatoms. The van der Waals surface area contributed by atoms with Crippen LogP contribution < -0.4 is 23.7 Å². The summed E-state index contributed by atoms with van der Waals surface area (Å²) in [5.41, 5.74) is 5.25. The maximum Gasteiger partial charge on any atom is 0.330 e. The Bertz CT molecular complexity index is 1720. The summed E-state index contributed by atoms with van der Waals surface area (Å²) in [6.07, 6.45) is 4.51. The molecular formula is C36H37N3O7. The van der Waals surface area contributed by atoms with Gasteiger partial charge in [0.05, 0.1) is 39.5 Å². The Balaban J connectivity index is 1.26. The summed E-state index contributed by atoms with van der Waals surface area (Å²) in [7, 11) is 7.01. The second kappa shape index (κ2) is 12.2. The van der Waals surface area contributed by atoms with Crippen LogP contribution >= 0.6 is 0 Å². The van der Waals surface area contributed by atoms with Gasteiger partial charge in [-0.15, -0.1) is 0 Å². The van der Waals surface area contributed by atoms with E-state index < -0.39 is 12.0 Å². The number of likely N-dealkylation sites (N-methyl/N-ethyl adjacent to an activating group) is 1. The zero-order valence-electron chi connectivity index (χ0n) is 26.4. The Kier molecular flexibility index (Phi) is 7.97. The highest BCUT2D eigenvalue weighted by Gasteiger charge is 2.54. The number of hydrogen-bond donors (Lipinski definition) is 0. The van der Waals surface area contributed by atoms with Gasteiger partial charge in [-0.05, 0) is 90.2 Å². The molecule has 7 rings (SSSR count). The first-order valence-electron chi connectivity index (χ1n) is 15.5. The SMILES string of the molecule is COc1ccc(/C=C/C(=O)OC[C@H]2c3cc4c(cc3C[C@H]3[C@H]5c6cc(OC)c(OC)cc6C[C@@H]([C@H](C#N)N23)N5C)OCCO4)cc1. The van der Waals surface area contributed by atoms with Gasteiger partial charge in [-0.25, -0.2) is 4.79 Å². The molecule has 4 heterocycles. The molecule has 0 unspecified atom stereocenters. The van der Waals surface area contributed by atoms with Crippen LogP contribution in [0.25, 0.3) is 6.08 Å². The smallest absolute Gasteiger partial charge is 0.330 e. The van der Waals surface area contributed by atoms with Crippen LogP contribution in [-0.2, 0) is 22.4 Å². The third kappa shape index (κ3) is 5.10. The predicted octanol–water partition coefficient (Wildman–Crippen LogP) is 4.51. The Morgan fingerprint density at radius 1 is 0.913 bits per heavy atom. The quantitative estimate of drug-likeness (QED) is 0.276. The molecule has 2 bridgehead atoms. The lowest BCUT2D eigenvalue weighted by Crippen LogP contribution is -2.68. The average Bonchev–Trinajstić information content (AvgIpc) is 3.08. The number of nitriles is 1. The summed E-state index contributed by atoms with van der Waals surface area (Å²) in [6, 6.07) is 17.3. The van der Waals surface area contributed by atoms with Crippen LogP contribution in [0.2, 0.25) is 0 Å². The van der Waals surface area contributed by atoms with Crippen molar-refractivity contribution in [2.45, 2.75) is 43.1 Å². The molecule has 0 radical (unpaired) electrons. The largest absolute Gasteiger partial charge is 0.497 e. The van der Waals surface area contributed by atoms with Crippen LogP contribution in [0.1, 0.15) is 39.9 Å². The van der Waals surface area contributed by atoms with Crippen molar-refractivity contribution in [3.05, 3.63) is 82.4 Å². The predicted molar refractivity (Wildman–Crippen MR) is 169 cm³/mol. The summed E-state index contributed by atoms with van der Waals surface area (Å²) in [4.78, 5) is 17.7. The third-order valence-corrected chi connectivity index (χ3v) is 9.78. The van der Waals surface area contributed by atoms with Gasteiger partial charge in [0.25, 0.3) is 0 Å². The molecule has 238 valence electrons. The van der Waals surface area contributed by atoms with E-state index in [9.17, 15) is 10.1 Å². The highest BCUT2D eigenvalue weighted by molar-refractivity contribution is 5.87. The first-order valence-corrected chi connectivity index (χ1v) is 15.5. The molecular weight excluding hydrogens is 586 g/mol. The summed E-state index contributed by atoms with van der Waals surface area (Å²) < 4.78 is 34.5. The molecule has 3 aromatic carbocycles. The zero-order valence-corrected chi connectivity index (χ0v) is 26.4. The van der Waals surface area contributed by atoms with Crippen LogP contribution in [0.4, 0.5) is 0 Å². The van der Waals surface area contributed by atoms with Gasteiger partial charge in [0.2, 0.25) is 0 Å². The topological polar surface area (TPSA) is 103 Å². The lowest BCUT2D eigenvalue weighted by atomic mass is 9.72. The maximum absolute atomic E-state index is 13.1. The van der Waals surface area contributed by atoms with Crippen molar-refractivity contribution in [2.75, 3.05) is 48.2 Å². The molecule has 4 aliphatic rings. The minimum absolute atomic E-state index is 0.0346. The van der Waals surface area contributed by atoms with E-state index in [2.05, 4.69) is 41.1 Å². The first-order chi connectivity index (χ1) is 22.4. The Hall–Kier alpha value is -4.72. The van der Waals surface area contributed by atoms with Crippen molar-refractivity contribution < 1.29 is 33.2 Å². The molecule has 3 aromatic rings. The Morgan fingerprint density at radius 3 is 2.28 bits per heavy atom. The summed E-state index contributed by atoms with van der Waals surface area (Å²) >= 11 is 0. The second-order valence-corrected chi connectivity index (χ2v) is 12.0. The number of benzene rings is 3. The van der Waals surface area contributed by atoms with E-state index in [1.54, 1.807) is 27.4 Å². The van der Waals surface area contributed by atoms with Gasteiger partial charge in [0.15, 0.2) is 23.0 Å². The first kappa shape index (κ1) is 30.0. The fourth-order valence-corrected chi connectivity index (χ4v) is 7.64. The lowest BCUT2D eigenvalue weighted by molar-refractivity contribution is -0.143. The van der Waals surface area contributed by atoms with Gasteiger partial charge in [-0.3, -0.25) is 9.80 Å². The number of esters is 1. The van der Waals surface area contributed by atoms with Crippen LogP contribution in [-0.4, -0.2) is 82.1 Å². The summed E-state index contributed by atoms with van der Waals surface area (Å²) in [5, 5.41) is 10.7. The lowest BCUT2D eigenvalue weighted by Gasteiger charge is -2.59. The highest BCUT2D eigenvalue weighted by Crippen LogP contribution is 2.52. The number of fused-ring (bicyclic) bond motifs is 8. The van der Waals surface area contributed by atoms with Gasteiger partial charge in [-0.2, -0.15) is 5.26 Å². The average molecular weight is 624 g/mol. The molecule has 10 nitrogen and oxygen atoms in total. The second-order valence-electron chi connectivity index (χ2n) is 12.0. The number of carbonyl (C=O) groups is 1. The fraction of sp³-hybridized carbons (Fsp3) is 0.389. The molecule has 1 saturated heterocycles. The maximum atomic E-state index is 13.1. The van der Waals surface area contributed by atoms with Crippen LogP contribution in [0, 0.1) is 11.3 Å². The van der Waals surface area contributed by atoms with Crippen molar-refractivity contribution >= 4 is 12.0 Å². The number of carbonyl (C=O) groups excluding carboxylic acids is 1. The molecule has 0 saturated carbocycles. The Morgan fingerprint density at radius 2 is 1.59 bits per heavy atom. The van der Waals surface area contributed by atoms with E-state index in [4.69, 9.17) is 28.4 Å². The van der Waals surface area contributed by atoms with Gasteiger partial charge in [0.1, 0.15) is 31.6 Å². The summed E-state index contributed by atoms with van der Waals surface area (Å²) in [6.45, 7) is 1.03. The monoisotopic (exact) mass is 623 g/mol. The number of piperazine rings is 1. The van der Waals surface area contributed by atoms with Crippen molar-refractivity contribution in [3.8, 4) is 34.8 Å². The summed E-state index contributed by atoms with van der Waals surface area (Å²) in [5.74, 6) is 3.02. The Labute approximate surface area is 268 Å². The van der Waals surface area contributed by atoms with Crippen molar-refractivity contribution in [1.82, 2.24) is 9.80 Å². The number of nitrogens with zero attached hydrogens (tertiary/aromatic N) is 3.